The Hall–Kier alpha value is -0.130. The van der Waals surface area contributed by atoms with Gasteiger partial charge in [-0.2, -0.15) is 0 Å². The number of ether oxygens (including phenoxy) is 1. The van der Waals surface area contributed by atoms with Gasteiger partial charge in [-0.15, -0.1) is 0 Å². The lowest BCUT2D eigenvalue weighted by atomic mass is 10.0. The molecule has 0 aliphatic carbocycles. The molecule has 0 bridgehead atoms. The lowest BCUT2D eigenvalue weighted by Crippen LogP contribution is -2.60. The standard InChI is InChI=1S/C7H15NO3S/c1-3-4-12(9,10)8-7(2)5-11-6-7/h8H,3-6H2,1-2H3. The second-order valence-corrected chi connectivity index (χ2v) is 5.32. The molecule has 1 aliphatic rings. The average molecular weight is 193 g/mol. The molecule has 0 radical (unpaired) electrons. The van der Waals surface area contributed by atoms with E-state index in [1.165, 1.54) is 0 Å². The number of nitrogens with one attached hydrogen (secondary N) is 1. The van der Waals surface area contributed by atoms with Crippen LogP contribution in [0.1, 0.15) is 20.3 Å². The number of hydrogen-bond acceptors (Lipinski definition) is 3. The second-order valence-electron chi connectivity index (χ2n) is 3.47. The van der Waals surface area contributed by atoms with Gasteiger partial charge < -0.3 is 4.74 Å². The first-order valence-electron chi connectivity index (χ1n) is 4.07. The van der Waals surface area contributed by atoms with Crippen molar-refractivity contribution in [2.75, 3.05) is 19.0 Å². The highest BCUT2D eigenvalue weighted by atomic mass is 32.2. The molecule has 0 aromatic heterocycles. The molecule has 0 aromatic carbocycles. The molecule has 1 saturated heterocycles. The van der Waals surface area contributed by atoms with Gasteiger partial charge in [-0.05, 0) is 13.3 Å². The number of hydrogen-bond donors (Lipinski definition) is 1. The Bertz CT molecular complexity index is 243. The second kappa shape index (κ2) is 3.32. The third-order valence-corrected chi connectivity index (χ3v) is 3.47. The van der Waals surface area contributed by atoms with Crippen LogP contribution >= 0.6 is 0 Å². The first kappa shape index (κ1) is 9.95. The Balaban J connectivity index is 2.49. The lowest BCUT2D eigenvalue weighted by Gasteiger charge is -2.38. The maximum absolute atomic E-state index is 11.3. The summed E-state index contributed by atoms with van der Waals surface area (Å²) in [4.78, 5) is 0. The van der Waals surface area contributed by atoms with E-state index in [4.69, 9.17) is 4.74 Å². The Morgan fingerprint density at radius 2 is 2.08 bits per heavy atom. The summed E-state index contributed by atoms with van der Waals surface area (Å²) >= 11 is 0. The van der Waals surface area contributed by atoms with E-state index in [0.717, 1.165) is 0 Å². The summed E-state index contributed by atoms with van der Waals surface area (Å²) in [5.74, 6) is 0.197. The maximum Gasteiger partial charge on any atom is 0.212 e. The van der Waals surface area contributed by atoms with Crippen molar-refractivity contribution >= 4 is 10.0 Å². The summed E-state index contributed by atoms with van der Waals surface area (Å²) in [6.45, 7) is 4.66. The van der Waals surface area contributed by atoms with Gasteiger partial charge in [0.1, 0.15) is 0 Å². The molecule has 5 heteroatoms. The van der Waals surface area contributed by atoms with Crippen molar-refractivity contribution in [3.63, 3.8) is 0 Å². The van der Waals surface area contributed by atoms with Crippen molar-refractivity contribution in [2.45, 2.75) is 25.8 Å². The quantitative estimate of drug-likeness (QED) is 0.689. The van der Waals surface area contributed by atoms with Gasteiger partial charge >= 0.3 is 0 Å². The SMILES string of the molecule is CCCS(=O)(=O)NC1(C)COC1. The molecular formula is C7H15NO3S. The Morgan fingerprint density at radius 3 is 2.42 bits per heavy atom. The molecule has 1 rings (SSSR count). The molecule has 0 saturated carbocycles. The molecule has 0 spiro atoms. The average Bonchev–Trinajstić information content (AvgIpc) is 1.83. The third-order valence-electron chi connectivity index (χ3n) is 1.72. The zero-order chi connectivity index (χ0) is 9.24. The summed E-state index contributed by atoms with van der Waals surface area (Å²) in [7, 11) is -3.08. The van der Waals surface area contributed by atoms with Crippen molar-refractivity contribution in [3.05, 3.63) is 0 Å². The molecule has 1 fully saturated rings. The molecule has 0 atom stereocenters. The van der Waals surface area contributed by atoms with E-state index >= 15 is 0 Å². The van der Waals surface area contributed by atoms with Crippen LogP contribution in [0.2, 0.25) is 0 Å². The molecule has 1 N–H and O–H groups in total. The summed E-state index contributed by atoms with van der Waals surface area (Å²) in [5, 5.41) is 0. The Morgan fingerprint density at radius 1 is 1.50 bits per heavy atom. The van der Waals surface area contributed by atoms with E-state index in [1.54, 1.807) is 0 Å². The van der Waals surface area contributed by atoms with Gasteiger partial charge in [-0.1, -0.05) is 6.92 Å². The van der Waals surface area contributed by atoms with Gasteiger partial charge in [0, 0.05) is 0 Å². The van der Waals surface area contributed by atoms with E-state index in [0.29, 0.717) is 19.6 Å². The highest BCUT2D eigenvalue weighted by Crippen LogP contribution is 2.16. The zero-order valence-electron chi connectivity index (χ0n) is 7.46. The lowest BCUT2D eigenvalue weighted by molar-refractivity contribution is -0.0523. The van der Waals surface area contributed by atoms with Crippen LogP contribution in [0.4, 0.5) is 0 Å². The monoisotopic (exact) mass is 193 g/mol. The molecule has 12 heavy (non-hydrogen) atoms. The molecule has 1 aliphatic heterocycles. The fourth-order valence-corrected chi connectivity index (χ4v) is 2.67. The first-order chi connectivity index (χ1) is 5.47. The summed E-state index contributed by atoms with van der Waals surface area (Å²) in [5.41, 5.74) is -0.353. The van der Waals surface area contributed by atoms with Gasteiger partial charge in [-0.3, -0.25) is 0 Å². The maximum atomic E-state index is 11.3. The van der Waals surface area contributed by atoms with Crippen molar-refractivity contribution < 1.29 is 13.2 Å². The fourth-order valence-electron chi connectivity index (χ4n) is 1.16. The number of rotatable bonds is 4. The largest absolute Gasteiger partial charge is 0.377 e. The van der Waals surface area contributed by atoms with Crippen LogP contribution in [0.3, 0.4) is 0 Å². The summed E-state index contributed by atoms with van der Waals surface area (Å²) in [6.07, 6.45) is 0.645. The molecule has 0 amide bonds. The van der Waals surface area contributed by atoms with Crippen molar-refractivity contribution in [2.24, 2.45) is 0 Å². The Kier molecular flexibility index (Phi) is 2.75. The molecule has 1 heterocycles. The smallest absolute Gasteiger partial charge is 0.212 e. The molecule has 72 valence electrons. The van der Waals surface area contributed by atoms with E-state index < -0.39 is 10.0 Å². The van der Waals surface area contributed by atoms with Gasteiger partial charge in [-0.25, -0.2) is 13.1 Å². The topological polar surface area (TPSA) is 55.4 Å². The predicted octanol–water partition coefficient (Wildman–Crippen LogP) is 0.105. The van der Waals surface area contributed by atoms with Crippen molar-refractivity contribution in [1.82, 2.24) is 4.72 Å². The van der Waals surface area contributed by atoms with E-state index in [1.807, 2.05) is 13.8 Å². The minimum atomic E-state index is -3.08. The molecular weight excluding hydrogens is 178 g/mol. The fraction of sp³-hybridized carbons (Fsp3) is 1.00. The van der Waals surface area contributed by atoms with Crippen LogP contribution in [0.5, 0.6) is 0 Å². The van der Waals surface area contributed by atoms with E-state index in [-0.39, 0.29) is 11.3 Å². The van der Waals surface area contributed by atoms with Crippen LogP contribution in [0.15, 0.2) is 0 Å². The molecule has 4 nitrogen and oxygen atoms in total. The zero-order valence-corrected chi connectivity index (χ0v) is 8.28. The molecule has 0 unspecified atom stereocenters. The van der Waals surface area contributed by atoms with Crippen LogP contribution in [0, 0.1) is 0 Å². The number of sulfonamides is 1. The minimum absolute atomic E-state index is 0.197. The van der Waals surface area contributed by atoms with Gasteiger partial charge in [0.2, 0.25) is 10.0 Å². The molecule has 0 aromatic rings. The Labute approximate surface area is 73.3 Å². The van der Waals surface area contributed by atoms with Crippen molar-refractivity contribution in [3.8, 4) is 0 Å². The van der Waals surface area contributed by atoms with Crippen molar-refractivity contribution in [1.29, 1.82) is 0 Å². The first-order valence-corrected chi connectivity index (χ1v) is 5.72. The minimum Gasteiger partial charge on any atom is -0.377 e. The van der Waals surface area contributed by atoms with Crippen LogP contribution < -0.4 is 4.72 Å². The van der Waals surface area contributed by atoms with E-state index in [2.05, 4.69) is 4.72 Å². The normalized spacial score (nSPS) is 21.8. The van der Waals surface area contributed by atoms with Crippen LogP contribution in [-0.4, -0.2) is 32.9 Å². The van der Waals surface area contributed by atoms with E-state index in [9.17, 15) is 8.42 Å². The van der Waals surface area contributed by atoms with Crippen LogP contribution in [0.25, 0.3) is 0 Å². The highest BCUT2D eigenvalue weighted by molar-refractivity contribution is 7.89. The summed E-state index contributed by atoms with van der Waals surface area (Å²) in [6, 6.07) is 0. The highest BCUT2D eigenvalue weighted by Gasteiger charge is 2.36. The predicted molar refractivity (Wildman–Crippen MR) is 46.4 cm³/mol. The summed E-state index contributed by atoms with van der Waals surface area (Å²) < 4.78 is 30.1. The van der Waals surface area contributed by atoms with Gasteiger partial charge in [0.15, 0.2) is 0 Å². The van der Waals surface area contributed by atoms with Gasteiger partial charge in [0.25, 0.3) is 0 Å². The van der Waals surface area contributed by atoms with Crippen LogP contribution in [-0.2, 0) is 14.8 Å². The van der Waals surface area contributed by atoms with Gasteiger partial charge in [0.05, 0.1) is 24.5 Å². The third kappa shape index (κ3) is 2.43.